The first-order valence-corrected chi connectivity index (χ1v) is 9.51. The molecule has 30 heavy (non-hydrogen) atoms. The van der Waals surface area contributed by atoms with Crippen LogP contribution in [0.15, 0.2) is 64.5 Å². The van der Waals surface area contributed by atoms with Gasteiger partial charge in [0.2, 0.25) is 11.6 Å². The molecule has 5 rings (SSSR count). The number of nitrogens with one attached hydrogen (secondary N) is 2. The van der Waals surface area contributed by atoms with Crippen LogP contribution in [0, 0.1) is 11.2 Å². The lowest BCUT2D eigenvalue weighted by Gasteiger charge is -2.11. The normalized spacial score (nSPS) is 15.5. The van der Waals surface area contributed by atoms with E-state index >= 15 is 0 Å². The summed E-state index contributed by atoms with van der Waals surface area (Å²) in [6.45, 7) is 0. The number of amides is 1. The molecule has 4 aromatic rings. The third kappa shape index (κ3) is 3.01. The molecule has 2 N–H and O–H groups in total. The van der Waals surface area contributed by atoms with Gasteiger partial charge in [-0.1, -0.05) is 0 Å². The number of halogens is 1. The van der Waals surface area contributed by atoms with Crippen molar-refractivity contribution in [3.05, 3.63) is 71.3 Å². The highest BCUT2D eigenvalue weighted by Gasteiger charge is 2.38. The molecular weight excluding hydrogens is 409 g/mol. The Balaban J connectivity index is 1.49. The van der Waals surface area contributed by atoms with Gasteiger partial charge in [0.1, 0.15) is 5.82 Å². The standard InChI is InChI=1S/C19H12FN7O2S/c20-13-5-3-11(4-6-13)15-12(10-22-23-15)9-14-18(28)27(19(21)30-14)17-16(24-29-25-17)26-7-1-2-8-26/h1-10,21H,(H,22,23). The SMILES string of the molecule is N=C1SC(=Cc2cn[nH]c2-c2ccc(F)cc2)C(=O)N1c1nonc1-n1cccc1. The molecule has 1 aliphatic heterocycles. The number of hydrogen-bond acceptors (Lipinski definition) is 7. The van der Waals surface area contributed by atoms with Crippen molar-refractivity contribution < 1.29 is 13.8 Å². The molecular formula is C19H12FN7O2S. The average molecular weight is 421 g/mol. The van der Waals surface area contributed by atoms with Crippen molar-refractivity contribution in [2.75, 3.05) is 4.90 Å². The van der Waals surface area contributed by atoms with Crippen LogP contribution in [0.25, 0.3) is 23.2 Å². The van der Waals surface area contributed by atoms with Crippen molar-refractivity contribution in [2.45, 2.75) is 0 Å². The van der Waals surface area contributed by atoms with Crippen molar-refractivity contribution >= 4 is 34.7 Å². The van der Waals surface area contributed by atoms with Crippen LogP contribution in [-0.4, -0.2) is 36.2 Å². The second-order valence-electron chi connectivity index (χ2n) is 6.27. The Hall–Kier alpha value is -3.99. The molecule has 0 atom stereocenters. The van der Waals surface area contributed by atoms with E-state index in [0.29, 0.717) is 22.0 Å². The number of carbonyl (C=O) groups is 1. The van der Waals surface area contributed by atoms with E-state index in [2.05, 4.69) is 20.5 Å². The van der Waals surface area contributed by atoms with E-state index < -0.39 is 5.91 Å². The third-order valence-electron chi connectivity index (χ3n) is 4.43. The highest BCUT2D eigenvalue weighted by atomic mass is 32.2. The number of carbonyl (C=O) groups excluding carboxylic acids is 1. The first-order chi connectivity index (χ1) is 14.6. The Kier molecular flexibility index (Phi) is 4.29. The third-order valence-corrected chi connectivity index (χ3v) is 5.32. The van der Waals surface area contributed by atoms with Gasteiger partial charge < -0.3 is 4.57 Å². The number of benzene rings is 1. The Morgan fingerprint density at radius 2 is 1.87 bits per heavy atom. The van der Waals surface area contributed by atoms with Crippen LogP contribution in [0.4, 0.5) is 10.2 Å². The van der Waals surface area contributed by atoms with Crippen LogP contribution in [-0.2, 0) is 4.79 Å². The van der Waals surface area contributed by atoms with Crippen LogP contribution >= 0.6 is 11.8 Å². The summed E-state index contributed by atoms with van der Waals surface area (Å²) >= 11 is 0.991. The van der Waals surface area contributed by atoms with Crippen LogP contribution < -0.4 is 4.90 Å². The number of anilines is 1. The van der Waals surface area contributed by atoms with Gasteiger partial charge in [-0.05, 0) is 64.5 Å². The average Bonchev–Trinajstić information content (AvgIpc) is 3.51. The molecule has 1 amide bonds. The minimum Gasteiger partial charge on any atom is -0.303 e. The highest BCUT2D eigenvalue weighted by Crippen LogP contribution is 2.37. The number of aromatic nitrogens is 5. The van der Waals surface area contributed by atoms with Crippen molar-refractivity contribution in [3.63, 3.8) is 0 Å². The number of H-pyrrole nitrogens is 1. The first kappa shape index (κ1) is 18.1. The van der Waals surface area contributed by atoms with Gasteiger partial charge >= 0.3 is 0 Å². The topological polar surface area (TPSA) is 117 Å². The molecule has 1 aliphatic rings. The van der Waals surface area contributed by atoms with Crippen LogP contribution in [0.1, 0.15) is 5.56 Å². The number of thioether (sulfide) groups is 1. The summed E-state index contributed by atoms with van der Waals surface area (Å²) in [6.07, 6.45) is 6.66. The number of aromatic amines is 1. The molecule has 9 nitrogen and oxygen atoms in total. The fraction of sp³-hybridized carbons (Fsp3) is 0. The summed E-state index contributed by atoms with van der Waals surface area (Å²) in [4.78, 5) is 14.5. The molecule has 1 saturated heterocycles. The zero-order valence-corrected chi connectivity index (χ0v) is 15.9. The Bertz CT molecular complexity index is 1270. The molecule has 0 saturated carbocycles. The molecule has 148 valence electrons. The first-order valence-electron chi connectivity index (χ1n) is 8.69. The minimum atomic E-state index is -0.430. The molecule has 0 bridgehead atoms. The summed E-state index contributed by atoms with van der Waals surface area (Å²) in [5.41, 5.74) is 1.99. The molecule has 4 heterocycles. The molecule has 1 fully saturated rings. The second kappa shape index (κ2) is 7.12. The van der Waals surface area contributed by atoms with E-state index in [4.69, 9.17) is 10.0 Å². The Morgan fingerprint density at radius 1 is 1.13 bits per heavy atom. The van der Waals surface area contributed by atoms with Gasteiger partial charge in [-0.15, -0.1) is 0 Å². The van der Waals surface area contributed by atoms with Crippen molar-refractivity contribution in [2.24, 2.45) is 0 Å². The molecule has 1 aromatic carbocycles. The monoisotopic (exact) mass is 421 g/mol. The summed E-state index contributed by atoms with van der Waals surface area (Å²) in [6, 6.07) is 9.53. The summed E-state index contributed by atoms with van der Waals surface area (Å²) in [7, 11) is 0. The number of hydrogen-bond donors (Lipinski definition) is 2. The van der Waals surface area contributed by atoms with E-state index in [1.165, 1.54) is 12.1 Å². The Labute approximate surface area is 172 Å². The van der Waals surface area contributed by atoms with E-state index in [9.17, 15) is 9.18 Å². The van der Waals surface area contributed by atoms with Gasteiger partial charge in [0, 0.05) is 23.5 Å². The molecule has 0 spiro atoms. The molecule has 0 radical (unpaired) electrons. The molecule has 3 aromatic heterocycles. The molecule has 0 aliphatic carbocycles. The Morgan fingerprint density at radius 3 is 2.63 bits per heavy atom. The van der Waals surface area contributed by atoms with Gasteiger partial charge in [-0.25, -0.2) is 13.9 Å². The lowest BCUT2D eigenvalue weighted by atomic mass is 10.1. The van der Waals surface area contributed by atoms with E-state index in [1.54, 1.807) is 53.5 Å². The maximum atomic E-state index is 13.2. The highest BCUT2D eigenvalue weighted by molar-refractivity contribution is 8.19. The summed E-state index contributed by atoms with van der Waals surface area (Å²) < 4.78 is 19.7. The van der Waals surface area contributed by atoms with E-state index in [1.807, 2.05) is 0 Å². The fourth-order valence-corrected chi connectivity index (χ4v) is 3.87. The van der Waals surface area contributed by atoms with Crippen LogP contribution in [0.3, 0.4) is 0 Å². The van der Waals surface area contributed by atoms with Gasteiger partial charge in [0.05, 0.1) is 16.8 Å². The number of amidine groups is 1. The lowest BCUT2D eigenvalue weighted by molar-refractivity contribution is -0.113. The zero-order chi connectivity index (χ0) is 20.7. The smallest absolute Gasteiger partial charge is 0.272 e. The van der Waals surface area contributed by atoms with Gasteiger partial charge in [0.25, 0.3) is 5.91 Å². The second-order valence-corrected chi connectivity index (χ2v) is 7.30. The van der Waals surface area contributed by atoms with E-state index in [0.717, 1.165) is 22.2 Å². The van der Waals surface area contributed by atoms with Crippen LogP contribution in [0.5, 0.6) is 0 Å². The maximum Gasteiger partial charge on any atom is 0.272 e. The van der Waals surface area contributed by atoms with Crippen molar-refractivity contribution in [1.82, 2.24) is 25.1 Å². The molecule has 11 heteroatoms. The molecule has 0 unspecified atom stereocenters. The maximum absolute atomic E-state index is 13.2. The number of nitrogens with zero attached hydrogens (tertiary/aromatic N) is 5. The zero-order valence-electron chi connectivity index (χ0n) is 15.1. The fourth-order valence-electron chi connectivity index (χ4n) is 3.03. The van der Waals surface area contributed by atoms with E-state index in [-0.39, 0.29) is 16.8 Å². The van der Waals surface area contributed by atoms with Gasteiger partial charge in [0.15, 0.2) is 5.17 Å². The van der Waals surface area contributed by atoms with Gasteiger partial charge in [-0.3, -0.25) is 15.3 Å². The lowest BCUT2D eigenvalue weighted by Crippen LogP contribution is -2.29. The largest absolute Gasteiger partial charge is 0.303 e. The van der Waals surface area contributed by atoms with Crippen molar-refractivity contribution in [3.8, 4) is 17.1 Å². The summed E-state index contributed by atoms with van der Waals surface area (Å²) in [5.74, 6) is -0.345. The summed E-state index contributed by atoms with van der Waals surface area (Å²) in [5, 5.41) is 22.8. The van der Waals surface area contributed by atoms with Crippen molar-refractivity contribution in [1.29, 1.82) is 5.41 Å². The quantitative estimate of drug-likeness (QED) is 0.488. The van der Waals surface area contributed by atoms with Crippen LogP contribution in [0.2, 0.25) is 0 Å². The predicted octanol–water partition coefficient (Wildman–Crippen LogP) is 3.45. The number of rotatable bonds is 4. The predicted molar refractivity (Wildman–Crippen MR) is 108 cm³/mol. The van der Waals surface area contributed by atoms with Gasteiger partial charge in [-0.2, -0.15) is 5.10 Å². The minimum absolute atomic E-state index is 0.0258.